The fourth-order valence-electron chi connectivity index (χ4n) is 0.930. The highest BCUT2D eigenvalue weighted by Crippen LogP contribution is 2.32. The van der Waals surface area contributed by atoms with Crippen LogP contribution in [-0.4, -0.2) is 15.2 Å². The summed E-state index contributed by atoms with van der Waals surface area (Å²) in [6.45, 7) is 1.90. The van der Waals surface area contributed by atoms with E-state index in [2.05, 4.69) is 15.2 Å². The van der Waals surface area contributed by atoms with E-state index in [4.69, 9.17) is 17.3 Å². The maximum atomic E-state index is 5.76. The number of rotatable bonds is 2. The third-order valence-corrected chi connectivity index (χ3v) is 3.67. The minimum absolute atomic E-state index is 0.533. The van der Waals surface area contributed by atoms with Crippen molar-refractivity contribution in [3.05, 3.63) is 22.3 Å². The first-order chi connectivity index (χ1) is 7.15. The lowest BCUT2D eigenvalue weighted by Gasteiger charge is -2.00. The van der Waals surface area contributed by atoms with E-state index in [-0.39, 0.29) is 0 Å². The van der Waals surface area contributed by atoms with Gasteiger partial charge in [-0.15, -0.1) is 10.2 Å². The summed E-state index contributed by atoms with van der Waals surface area (Å²) in [7, 11) is 0. The van der Waals surface area contributed by atoms with E-state index < -0.39 is 0 Å². The number of nitrogens with zero attached hydrogens (tertiary/aromatic N) is 3. The number of aromatic nitrogens is 3. The van der Waals surface area contributed by atoms with Gasteiger partial charge in [0.05, 0.1) is 10.7 Å². The Morgan fingerprint density at radius 2 is 2.27 bits per heavy atom. The van der Waals surface area contributed by atoms with Crippen LogP contribution in [0.25, 0.3) is 0 Å². The van der Waals surface area contributed by atoms with Crippen LogP contribution in [0.15, 0.2) is 21.6 Å². The minimum Gasteiger partial charge on any atom is -0.396 e. The molecule has 2 rings (SSSR count). The molecule has 7 heteroatoms. The topological polar surface area (TPSA) is 64.7 Å². The molecule has 0 amide bonds. The highest BCUT2D eigenvalue weighted by Gasteiger charge is 2.07. The Bertz CT molecular complexity index is 485. The predicted octanol–water partition coefficient (Wildman–Crippen LogP) is 2.63. The van der Waals surface area contributed by atoms with Crippen molar-refractivity contribution in [2.45, 2.75) is 16.3 Å². The Morgan fingerprint density at radius 3 is 2.87 bits per heavy atom. The molecule has 4 nitrogen and oxygen atoms in total. The first-order valence-corrected chi connectivity index (χ1v) is 6.05. The fourth-order valence-corrected chi connectivity index (χ4v) is 2.81. The number of pyridine rings is 1. The summed E-state index contributed by atoms with van der Waals surface area (Å²) < 4.78 is 0.828. The van der Waals surface area contributed by atoms with Gasteiger partial charge in [-0.2, -0.15) is 0 Å². The maximum Gasteiger partial charge on any atom is 0.180 e. The largest absolute Gasteiger partial charge is 0.396 e. The molecule has 15 heavy (non-hydrogen) atoms. The van der Waals surface area contributed by atoms with Crippen LogP contribution < -0.4 is 5.73 Å². The van der Waals surface area contributed by atoms with Crippen molar-refractivity contribution in [2.75, 3.05) is 5.73 Å². The van der Waals surface area contributed by atoms with Crippen LogP contribution in [0.2, 0.25) is 5.02 Å². The Morgan fingerprint density at radius 1 is 1.47 bits per heavy atom. The van der Waals surface area contributed by atoms with E-state index in [0.717, 1.165) is 9.35 Å². The van der Waals surface area contributed by atoms with E-state index in [1.807, 2.05) is 6.92 Å². The SMILES string of the molecule is Cc1nnc(Sc2ncc(Cl)cc2N)s1. The van der Waals surface area contributed by atoms with Crippen LogP contribution >= 0.6 is 34.7 Å². The van der Waals surface area contributed by atoms with Crippen LogP contribution in [0.5, 0.6) is 0 Å². The molecule has 0 aliphatic rings. The van der Waals surface area contributed by atoms with Gasteiger partial charge in [-0.05, 0) is 24.8 Å². The molecule has 0 saturated carbocycles. The molecular formula is C8H7ClN4S2. The lowest BCUT2D eigenvalue weighted by atomic mass is 10.4. The molecule has 78 valence electrons. The molecule has 2 aromatic heterocycles. The molecule has 0 bridgehead atoms. The Labute approximate surface area is 99.9 Å². The maximum absolute atomic E-state index is 5.76. The Hall–Kier alpha value is -0.850. The summed E-state index contributed by atoms with van der Waals surface area (Å²) in [6.07, 6.45) is 1.56. The molecule has 0 aliphatic carbocycles. The van der Waals surface area contributed by atoms with Crippen molar-refractivity contribution >= 4 is 40.4 Å². The van der Waals surface area contributed by atoms with Crippen LogP contribution in [0.4, 0.5) is 5.69 Å². The molecule has 0 saturated heterocycles. The van der Waals surface area contributed by atoms with Crippen molar-refractivity contribution in [1.82, 2.24) is 15.2 Å². The summed E-state index contributed by atoms with van der Waals surface area (Å²) in [5.41, 5.74) is 6.32. The van der Waals surface area contributed by atoms with Crippen molar-refractivity contribution in [3.8, 4) is 0 Å². The number of anilines is 1. The van der Waals surface area contributed by atoms with E-state index in [9.17, 15) is 0 Å². The van der Waals surface area contributed by atoms with E-state index in [1.165, 1.54) is 23.1 Å². The zero-order chi connectivity index (χ0) is 10.8. The van der Waals surface area contributed by atoms with Gasteiger partial charge in [0, 0.05) is 6.20 Å². The molecule has 0 fully saturated rings. The quantitative estimate of drug-likeness (QED) is 0.897. The Kier molecular flexibility index (Phi) is 3.08. The predicted molar refractivity (Wildman–Crippen MR) is 62.4 cm³/mol. The highest BCUT2D eigenvalue weighted by molar-refractivity contribution is 8.01. The van der Waals surface area contributed by atoms with Gasteiger partial charge in [0.2, 0.25) is 0 Å². The van der Waals surface area contributed by atoms with Gasteiger partial charge in [0.25, 0.3) is 0 Å². The molecule has 0 radical (unpaired) electrons. The molecule has 0 atom stereocenters. The first-order valence-electron chi connectivity index (χ1n) is 4.04. The van der Waals surface area contributed by atoms with Gasteiger partial charge in [0.15, 0.2) is 4.34 Å². The van der Waals surface area contributed by atoms with Crippen LogP contribution in [0.1, 0.15) is 5.01 Å². The average molecular weight is 259 g/mol. The Balaban J connectivity index is 2.24. The smallest absolute Gasteiger partial charge is 0.180 e. The molecular weight excluding hydrogens is 252 g/mol. The van der Waals surface area contributed by atoms with Gasteiger partial charge >= 0.3 is 0 Å². The minimum atomic E-state index is 0.533. The zero-order valence-electron chi connectivity index (χ0n) is 7.77. The molecule has 0 spiro atoms. The normalized spacial score (nSPS) is 10.5. The summed E-state index contributed by atoms with van der Waals surface area (Å²) in [6, 6.07) is 1.67. The second-order valence-electron chi connectivity index (χ2n) is 2.74. The van der Waals surface area contributed by atoms with Crippen molar-refractivity contribution in [1.29, 1.82) is 0 Å². The number of aryl methyl sites for hydroxylation is 1. The summed E-state index contributed by atoms with van der Waals surface area (Å²) in [5, 5.41) is 10.0. The first kappa shape index (κ1) is 10.7. The van der Waals surface area contributed by atoms with Gasteiger partial charge in [-0.25, -0.2) is 4.98 Å². The molecule has 2 aromatic rings. The van der Waals surface area contributed by atoms with Gasteiger partial charge < -0.3 is 5.73 Å². The third kappa shape index (κ3) is 2.58. The summed E-state index contributed by atoms with van der Waals surface area (Å²) in [5.74, 6) is 0. The number of hydrogen-bond acceptors (Lipinski definition) is 6. The summed E-state index contributed by atoms with van der Waals surface area (Å²) in [4.78, 5) is 4.13. The number of nitrogens with two attached hydrogens (primary N) is 1. The second-order valence-corrected chi connectivity index (χ2v) is 5.59. The molecule has 0 aromatic carbocycles. The van der Waals surface area contributed by atoms with E-state index in [0.29, 0.717) is 15.7 Å². The lowest BCUT2D eigenvalue weighted by molar-refractivity contribution is 0.981. The monoisotopic (exact) mass is 258 g/mol. The van der Waals surface area contributed by atoms with Gasteiger partial charge in [-0.3, -0.25) is 0 Å². The fraction of sp³-hybridized carbons (Fsp3) is 0.125. The van der Waals surface area contributed by atoms with Crippen molar-refractivity contribution in [2.24, 2.45) is 0 Å². The summed E-state index contributed by atoms with van der Waals surface area (Å²) >= 11 is 8.65. The highest BCUT2D eigenvalue weighted by atomic mass is 35.5. The second kappa shape index (κ2) is 4.34. The molecule has 2 N–H and O–H groups in total. The van der Waals surface area contributed by atoms with Crippen molar-refractivity contribution < 1.29 is 0 Å². The number of nitrogen functional groups attached to an aromatic ring is 1. The molecule has 0 unspecified atom stereocenters. The zero-order valence-corrected chi connectivity index (χ0v) is 10.2. The van der Waals surface area contributed by atoms with Crippen LogP contribution in [-0.2, 0) is 0 Å². The molecule has 2 heterocycles. The van der Waals surface area contributed by atoms with Gasteiger partial charge in [-0.1, -0.05) is 22.9 Å². The lowest BCUT2D eigenvalue weighted by Crippen LogP contribution is -1.91. The number of hydrogen-bond donors (Lipinski definition) is 1. The van der Waals surface area contributed by atoms with Crippen LogP contribution in [0, 0.1) is 6.92 Å². The molecule has 0 aliphatic heterocycles. The van der Waals surface area contributed by atoms with Crippen LogP contribution in [0.3, 0.4) is 0 Å². The third-order valence-electron chi connectivity index (χ3n) is 1.54. The average Bonchev–Trinajstić information content (AvgIpc) is 2.56. The number of halogens is 1. The standard InChI is InChI=1S/C8H7ClN4S2/c1-4-12-13-8(14-4)15-7-6(10)2-5(9)3-11-7/h2-3H,10H2,1H3. The van der Waals surface area contributed by atoms with E-state index in [1.54, 1.807) is 12.3 Å². The van der Waals surface area contributed by atoms with Crippen molar-refractivity contribution in [3.63, 3.8) is 0 Å². The van der Waals surface area contributed by atoms with E-state index >= 15 is 0 Å². The van der Waals surface area contributed by atoms with Gasteiger partial charge in [0.1, 0.15) is 10.0 Å².